The number of halogens is 1. The number of aryl methyl sites for hydroxylation is 1. The van der Waals surface area contributed by atoms with E-state index in [1.807, 2.05) is 12.1 Å². The molecule has 7 nitrogen and oxygen atoms in total. The van der Waals surface area contributed by atoms with E-state index < -0.39 is 5.82 Å². The second-order valence-electron chi connectivity index (χ2n) is 6.19. The first kappa shape index (κ1) is 17.7. The number of nitrogens with one attached hydrogen (secondary N) is 2. The van der Waals surface area contributed by atoms with E-state index in [2.05, 4.69) is 20.6 Å². The highest BCUT2D eigenvalue weighted by Gasteiger charge is 2.15. The van der Waals surface area contributed by atoms with Crippen LogP contribution in [0, 0.1) is 12.7 Å². The molecule has 2 aromatic carbocycles. The molecule has 0 spiro atoms. The summed E-state index contributed by atoms with van der Waals surface area (Å²) in [6.45, 7) is 2.24. The van der Waals surface area contributed by atoms with Crippen LogP contribution in [0.5, 0.6) is 11.5 Å². The molecule has 4 rings (SSSR count). The van der Waals surface area contributed by atoms with Crippen LogP contribution < -0.4 is 20.1 Å². The quantitative estimate of drug-likeness (QED) is 0.706. The van der Waals surface area contributed by atoms with Crippen molar-refractivity contribution in [1.29, 1.82) is 0 Å². The van der Waals surface area contributed by atoms with Crippen LogP contribution in [0.2, 0.25) is 0 Å². The zero-order valence-corrected chi connectivity index (χ0v) is 15.0. The molecule has 1 aromatic heterocycles. The van der Waals surface area contributed by atoms with Crippen molar-refractivity contribution in [2.24, 2.45) is 0 Å². The smallest absolute Gasteiger partial charge is 0.270 e. The lowest BCUT2D eigenvalue weighted by atomic mass is 10.2. The third-order valence-electron chi connectivity index (χ3n) is 4.10. The summed E-state index contributed by atoms with van der Waals surface area (Å²) in [6.07, 6.45) is 0. The minimum Gasteiger partial charge on any atom is -0.454 e. The Morgan fingerprint density at radius 1 is 1.11 bits per heavy atom. The Morgan fingerprint density at radius 3 is 2.79 bits per heavy atom. The number of hydrogen-bond acceptors (Lipinski definition) is 6. The third-order valence-corrected chi connectivity index (χ3v) is 4.10. The molecule has 142 valence electrons. The summed E-state index contributed by atoms with van der Waals surface area (Å²) in [4.78, 5) is 20.9. The van der Waals surface area contributed by atoms with Gasteiger partial charge in [0.25, 0.3) is 5.91 Å². The van der Waals surface area contributed by atoms with Gasteiger partial charge in [-0.2, -0.15) is 0 Å². The van der Waals surface area contributed by atoms with Gasteiger partial charge in [-0.25, -0.2) is 14.4 Å². The van der Waals surface area contributed by atoms with Crippen LogP contribution in [-0.2, 0) is 6.54 Å². The number of anilines is 2. The summed E-state index contributed by atoms with van der Waals surface area (Å²) in [7, 11) is 0. The Morgan fingerprint density at radius 2 is 1.93 bits per heavy atom. The highest BCUT2D eigenvalue weighted by molar-refractivity contribution is 5.92. The number of hydrogen-bond donors (Lipinski definition) is 2. The Kier molecular flexibility index (Phi) is 4.76. The first-order valence-corrected chi connectivity index (χ1v) is 8.62. The molecule has 0 saturated carbocycles. The predicted octanol–water partition coefficient (Wildman–Crippen LogP) is 3.33. The van der Waals surface area contributed by atoms with E-state index in [9.17, 15) is 9.18 Å². The molecule has 1 aliphatic rings. The topological polar surface area (TPSA) is 85.4 Å². The van der Waals surface area contributed by atoms with E-state index in [1.54, 1.807) is 37.3 Å². The van der Waals surface area contributed by atoms with E-state index in [-0.39, 0.29) is 30.0 Å². The number of para-hydroxylation sites is 1. The molecule has 1 amide bonds. The molecule has 1 aliphatic heterocycles. The number of ether oxygens (including phenoxy) is 2. The van der Waals surface area contributed by atoms with Crippen molar-refractivity contribution in [2.45, 2.75) is 13.5 Å². The van der Waals surface area contributed by atoms with E-state index in [1.165, 1.54) is 6.07 Å². The number of benzene rings is 2. The molecular formula is C20H17FN4O3. The minimum atomic E-state index is -0.429. The monoisotopic (exact) mass is 380 g/mol. The second kappa shape index (κ2) is 7.51. The summed E-state index contributed by atoms with van der Waals surface area (Å²) in [5.74, 6) is 0.700. The van der Waals surface area contributed by atoms with Crippen molar-refractivity contribution in [3.05, 3.63) is 71.3 Å². The van der Waals surface area contributed by atoms with Gasteiger partial charge in [-0.3, -0.25) is 4.79 Å². The average Bonchev–Trinajstić information content (AvgIpc) is 3.15. The molecule has 0 aliphatic carbocycles. The minimum absolute atomic E-state index is 0.151. The lowest BCUT2D eigenvalue weighted by Gasteiger charge is -2.10. The Bertz CT molecular complexity index is 1040. The zero-order chi connectivity index (χ0) is 19.5. The number of rotatable bonds is 5. The molecule has 28 heavy (non-hydrogen) atoms. The van der Waals surface area contributed by atoms with Gasteiger partial charge < -0.3 is 20.1 Å². The second-order valence-corrected chi connectivity index (χ2v) is 6.19. The molecule has 0 atom stereocenters. The van der Waals surface area contributed by atoms with Gasteiger partial charge in [0.05, 0.1) is 5.69 Å². The summed E-state index contributed by atoms with van der Waals surface area (Å²) in [5, 5.41) is 5.61. The Hall–Kier alpha value is -3.68. The number of fused-ring (bicyclic) bond motifs is 1. The average molecular weight is 380 g/mol. The number of carbonyl (C=O) groups is 1. The number of carbonyl (C=O) groups excluding carboxylic acids is 1. The highest BCUT2D eigenvalue weighted by Crippen LogP contribution is 2.32. The van der Waals surface area contributed by atoms with Gasteiger partial charge in [0.1, 0.15) is 11.5 Å². The molecule has 0 unspecified atom stereocenters. The van der Waals surface area contributed by atoms with Crippen LogP contribution in [0.4, 0.5) is 16.0 Å². The van der Waals surface area contributed by atoms with E-state index in [4.69, 9.17) is 9.47 Å². The van der Waals surface area contributed by atoms with Crippen molar-refractivity contribution >= 4 is 17.5 Å². The van der Waals surface area contributed by atoms with Gasteiger partial charge in [0.2, 0.25) is 12.7 Å². The number of aromatic nitrogens is 2. The van der Waals surface area contributed by atoms with Gasteiger partial charge >= 0.3 is 0 Å². The third kappa shape index (κ3) is 3.85. The van der Waals surface area contributed by atoms with E-state index >= 15 is 0 Å². The molecule has 2 N–H and O–H groups in total. The summed E-state index contributed by atoms with van der Waals surface area (Å²) >= 11 is 0. The van der Waals surface area contributed by atoms with Gasteiger partial charge in [-0.15, -0.1) is 0 Å². The van der Waals surface area contributed by atoms with Crippen LogP contribution in [0.15, 0.2) is 48.5 Å². The first-order chi connectivity index (χ1) is 13.6. The molecule has 2 heterocycles. The van der Waals surface area contributed by atoms with Crippen LogP contribution >= 0.6 is 0 Å². The van der Waals surface area contributed by atoms with Crippen molar-refractivity contribution < 1.29 is 18.7 Å². The first-order valence-electron chi connectivity index (χ1n) is 8.62. The van der Waals surface area contributed by atoms with Crippen LogP contribution in [0.1, 0.15) is 21.7 Å². The fraction of sp³-hybridized carbons (Fsp3) is 0.150. The zero-order valence-electron chi connectivity index (χ0n) is 15.0. The van der Waals surface area contributed by atoms with E-state index in [0.717, 1.165) is 5.56 Å². The van der Waals surface area contributed by atoms with Crippen LogP contribution in [0.3, 0.4) is 0 Å². The van der Waals surface area contributed by atoms with E-state index in [0.29, 0.717) is 23.7 Å². The molecule has 0 fully saturated rings. The SMILES string of the molecule is Cc1cc(C(=O)NCc2ccc3c(c2)OCO3)nc(Nc2ccccc2F)n1. The summed E-state index contributed by atoms with van der Waals surface area (Å²) in [5.41, 5.74) is 1.88. The molecule has 8 heteroatoms. The maximum Gasteiger partial charge on any atom is 0.270 e. The standard InChI is InChI=1S/C20H17FN4O3/c1-12-8-16(25-20(23-12)24-15-5-3-2-4-14(15)21)19(26)22-10-13-6-7-17-18(9-13)28-11-27-17/h2-9H,10-11H2,1H3,(H,22,26)(H,23,24,25). The normalized spacial score (nSPS) is 11.9. The lowest BCUT2D eigenvalue weighted by Crippen LogP contribution is -2.24. The van der Waals surface area contributed by atoms with Crippen molar-refractivity contribution in [3.8, 4) is 11.5 Å². The van der Waals surface area contributed by atoms with Crippen molar-refractivity contribution in [1.82, 2.24) is 15.3 Å². The highest BCUT2D eigenvalue weighted by atomic mass is 19.1. The molecular weight excluding hydrogens is 363 g/mol. The van der Waals surface area contributed by atoms with Gasteiger partial charge in [-0.05, 0) is 42.8 Å². The fourth-order valence-electron chi connectivity index (χ4n) is 2.75. The maximum absolute atomic E-state index is 13.8. The predicted molar refractivity (Wildman–Crippen MR) is 100 cm³/mol. The Balaban J connectivity index is 1.46. The van der Waals surface area contributed by atoms with Crippen molar-refractivity contribution in [2.75, 3.05) is 12.1 Å². The van der Waals surface area contributed by atoms with Crippen LogP contribution in [-0.4, -0.2) is 22.7 Å². The molecule has 0 bridgehead atoms. The van der Waals surface area contributed by atoms with Gasteiger partial charge in [-0.1, -0.05) is 18.2 Å². The summed E-state index contributed by atoms with van der Waals surface area (Å²) < 4.78 is 24.4. The molecule has 0 saturated heterocycles. The molecule has 0 radical (unpaired) electrons. The van der Waals surface area contributed by atoms with Crippen LogP contribution in [0.25, 0.3) is 0 Å². The van der Waals surface area contributed by atoms with Gasteiger partial charge in [0, 0.05) is 12.2 Å². The maximum atomic E-state index is 13.8. The summed E-state index contributed by atoms with van der Waals surface area (Å²) in [6, 6.07) is 13.2. The van der Waals surface area contributed by atoms with Crippen molar-refractivity contribution in [3.63, 3.8) is 0 Å². The lowest BCUT2D eigenvalue weighted by molar-refractivity contribution is 0.0945. The number of nitrogens with zero attached hydrogens (tertiary/aromatic N) is 2. The Labute approximate surface area is 160 Å². The fourth-order valence-corrected chi connectivity index (χ4v) is 2.75. The van der Waals surface area contributed by atoms with Gasteiger partial charge in [0.15, 0.2) is 11.5 Å². The largest absolute Gasteiger partial charge is 0.454 e. The molecule has 3 aromatic rings. The number of amides is 1.